The molecule has 0 fully saturated rings. The van der Waals surface area contributed by atoms with Gasteiger partial charge in [-0.2, -0.15) is 0 Å². The molecule has 2 aromatic rings. The van der Waals surface area contributed by atoms with Gasteiger partial charge in [0.2, 0.25) is 0 Å². The summed E-state index contributed by atoms with van der Waals surface area (Å²) in [5.41, 5.74) is 1.96. The van der Waals surface area contributed by atoms with Crippen molar-refractivity contribution in [2.45, 2.75) is 20.4 Å². The number of methoxy groups -OCH3 is 1. The molecule has 1 aromatic carbocycles. The Bertz CT molecular complexity index is 772. The van der Waals surface area contributed by atoms with Gasteiger partial charge in [-0.3, -0.25) is 9.59 Å². The van der Waals surface area contributed by atoms with E-state index in [1.54, 1.807) is 41.0 Å². The van der Waals surface area contributed by atoms with Crippen LogP contribution in [0, 0.1) is 6.92 Å². The first kappa shape index (κ1) is 15.7. The van der Waals surface area contributed by atoms with Gasteiger partial charge < -0.3 is 9.30 Å². The second-order valence-corrected chi connectivity index (χ2v) is 5.02. The molecule has 0 N–H and O–H groups in total. The number of ketones is 1. The summed E-state index contributed by atoms with van der Waals surface area (Å²) in [6.07, 6.45) is 0. The molecule has 0 unspecified atom stereocenters. The van der Waals surface area contributed by atoms with Gasteiger partial charge in [0, 0.05) is 5.69 Å². The van der Waals surface area contributed by atoms with E-state index in [9.17, 15) is 14.4 Å². The molecule has 0 atom stereocenters. The summed E-state index contributed by atoms with van der Waals surface area (Å²) in [5.74, 6) is -0.654. The van der Waals surface area contributed by atoms with Gasteiger partial charge in [0.05, 0.1) is 24.8 Å². The molecule has 0 bridgehead atoms. The maximum atomic E-state index is 12.3. The number of esters is 1. The third kappa shape index (κ3) is 3.14. The summed E-state index contributed by atoms with van der Waals surface area (Å²) in [5, 5.41) is 0. The van der Waals surface area contributed by atoms with E-state index in [4.69, 9.17) is 0 Å². The van der Waals surface area contributed by atoms with Crippen LogP contribution in [0.15, 0.2) is 41.2 Å². The zero-order chi connectivity index (χ0) is 16.3. The Labute approximate surface area is 128 Å². The minimum Gasteiger partial charge on any atom is -0.465 e. The number of Topliss-reactive ketones (excluding diaryl/α,β-unsaturated/α-hetero) is 1. The Balaban J connectivity index is 2.35. The number of rotatable bonds is 4. The molecular weight excluding hydrogens is 282 g/mol. The second kappa shape index (κ2) is 6.39. The van der Waals surface area contributed by atoms with Gasteiger partial charge in [-0.1, -0.05) is 12.1 Å². The second-order valence-electron chi connectivity index (χ2n) is 5.02. The number of carbonyl (C=O) groups is 2. The van der Waals surface area contributed by atoms with Gasteiger partial charge in [-0.25, -0.2) is 4.79 Å². The van der Waals surface area contributed by atoms with Gasteiger partial charge in [0.15, 0.2) is 5.78 Å². The van der Waals surface area contributed by atoms with Crippen molar-refractivity contribution >= 4 is 11.8 Å². The minimum atomic E-state index is -0.404. The molecule has 0 aliphatic carbocycles. The van der Waals surface area contributed by atoms with Crippen molar-refractivity contribution in [3.8, 4) is 0 Å². The van der Waals surface area contributed by atoms with E-state index >= 15 is 0 Å². The van der Waals surface area contributed by atoms with Gasteiger partial charge in [0.25, 0.3) is 5.56 Å². The van der Waals surface area contributed by atoms with Gasteiger partial charge in [-0.15, -0.1) is 0 Å². The van der Waals surface area contributed by atoms with Gasteiger partial charge in [-0.05, 0) is 43.7 Å². The highest BCUT2D eigenvalue weighted by atomic mass is 16.5. The summed E-state index contributed by atoms with van der Waals surface area (Å²) < 4.78 is 6.19. The van der Waals surface area contributed by atoms with Crippen LogP contribution in [-0.4, -0.2) is 23.4 Å². The average Bonchev–Trinajstić information content (AvgIpc) is 2.50. The standard InChI is InChI=1S/C17H17NO4/c1-11-4-9-15(12(2)19)16(20)18(11)10-13-5-7-14(8-6-13)17(21)22-3/h4-9H,10H2,1-3H3. The number of aryl methyl sites for hydroxylation is 1. The van der Waals surface area contributed by atoms with Crippen molar-refractivity contribution in [1.82, 2.24) is 4.57 Å². The topological polar surface area (TPSA) is 65.4 Å². The summed E-state index contributed by atoms with van der Waals surface area (Å²) in [4.78, 5) is 35.2. The molecule has 0 saturated carbocycles. The molecule has 0 amide bonds. The molecule has 0 aliphatic rings. The van der Waals surface area contributed by atoms with Crippen LogP contribution in [0.25, 0.3) is 0 Å². The first-order valence-corrected chi connectivity index (χ1v) is 6.82. The molecule has 22 heavy (non-hydrogen) atoms. The van der Waals surface area contributed by atoms with E-state index in [1.807, 2.05) is 6.92 Å². The Kier molecular flexibility index (Phi) is 4.56. The Morgan fingerprint density at radius 3 is 2.27 bits per heavy atom. The summed E-state index contributed by atoms with van der Waals surface area (Å²) in [7, 11) is 1.33. The van der Waals surface area contributed by atoms with Gasteiger partial charge in [0.1, 0.15) is 0 Å². The Morgan fingerprint density at radius 2 is 1.73 bits per heavy atom. The van der Waals surface area contributed by atoms with Crippen molar-refractivity contribution in [1.29, 1.82) is 0 Å². The number of carbonyl (C=O) groups excluding carboxylic acids is 2. The number of nitrogens with zero attached hydrogens (tertiary/aromatic N) is 1. The van der Waals surface area contributed by atoms with Crippen LogP contribution in [0.3, 0.4) is 0 Å². The van der Waals surface area contributed by atoms with Crippen LogP contribution in [0.2, 0.25) is 0 Å². The van der Waals surface area contributed by atoms with Gasteiger partial charge >= 0.3 is 5.97 Å². The van der Waals surface area contributed by atoms with E-state index in [1.165, 1.54) is 14.0 Å². The largest absolute Gasteiger partial charge is 0.465 e. The van der Waals surface area contributed by atoms with Crippen LogP contribution >= 0.6 is 0 Å². The fourth-order valence-electron chi connectivity index (χ4n) is 2.18. The third-order valence-corrected chi connectivity index (χ3v) is 3.49. The normalized spacial score (nSPS) is 10.3. The molecule has 0 aliphatic heterocycles. The molecule has 0 spiro atoms. The highest BCUT2D eigenvalue weighted by molar-refractivity contribution is 5.93. The number of hydrogen-bond donors (Lipinski definition) is 0. The molecular formula is C17H17NO4. The number of ether oxygens (including phenoxy) is 1. The van der Waals surface area contributed by atoms with Crippen LogP contribution in [0.1, 0.15) is 38.9 Å². The number of hydrogen-bond acceptors (Lipinski definition) is 4. The zero-order valence-electron chi connectivity index (χ0n) is 12.8. The molecule has 0 saturated heterocycles. The first-order valence-electron chi connectivity index (χ1n) is 6.82. The number of pyridine rings is 1. The van der Waals surface area contributed by atoms with E-state index in [-0.39, 0.29) is 16.9 Å². The lowest BCUT2D eigenvalue weighted by atomic mass is 10.1. The summed E-state index contributed by atoms with van der Waals surface area (Å²) in [6, 6.07) is 10.1. The fraction of sp³-hybridized carbons (Fsp3) is 0.235. The summed E-state index contributed by atoms with van der Waals surface area (Å²) in [6.45, 7) is 3.53. The molecule has 2 rings (SSSR count). The van der Waals surface area contributed by atoms with Crippen LogP contribution in [0.4, 0.5) is 0 Å². The van der Waals surface area contributed by atoms with Crippen molar-refractivity contribution in [3.05, 3.63) is 69.1 Å². The summed E-state index contributed by atoms with van der Waals surface area (Å²) >= 11 is 0. The van der Waals surface area contributed by atoms with E-state index in [2.05, 4.69) is 4.74 Å². The van der Waals surface area contributed by atoms with Crippen LogP contribution < -0.4 is 5.56 Å². The predicted molar refractivity (Wildman–Crippen MR) is 82.3 cm³/mol. The van der Waals surface area contributed by atoms with Crippen molar-refractivity contribution < 1.29 is 14.3 Å². The lowest BCUT2D eigenvalue weighted by molar-refractivity contribution is 0.0600. The number of aromatic nitrogens is 1. The third-order valence-electron chi connectivity index (χ3n) is 3.49. The highest BCUT2D eigenvalue weighted by Crippen LogP contribution is 2.09. The molecule has 0 radical (unpaired) electrons. The Hall–Kier alpha value is -2.69. The predicted octanol–water partition coefficient (Wildman–Crippen LogP) is 2.19. The lowest BCUT2D eigenvalue weighted by Crippen LogP contribution is -2.27. The monoisotopic (exact) mass is 299 g/mol. The molecule has 1 aromatic heterocycles. The van der Waals surface area contributed by atoms with Crippen LogP contribution in [0.5, 0.6) is 0 Å². The SMILES string of the molecule is COC(=O)c1ccc(Cn2c(C)ccc(C(C)=O)c2=O)cc1. The van der Waals surface area contributed by atoms with E-state index < -0.39 is 5.97 Å². The number of benzene rings is 1. The maximum absolute atomic E-state index is 12.3. The highest BCUT2D eigenvalue weighted by Gasteiger charge is 2.11. The average molecular weight is 299 g/mol. The smallest absolute Gasteiger partial charge is 0.337 e. The molecule has 5 nitrogen and oxygen atoms in total. The minimum absolute atomic E-state index is 0.178. The quantitative estimate of drug-likeness (QED) is 0.641. The zero-order valence-corrected chi connectivity index (χ0v) is 12.8. The molecule has 1 heterocycles. The van der Waals surface area contributed by atoms with Crippen molar-refractivity contribution in [2.24, 2.45) is 0 Å². The maximum Gasteiger partial charge on any atom is 0.337 e. The first-order chi connectivity index (χ1) is 10.4. The van der Waals surface area contributed by atoms with Crippen molar-refractivity contribution in [2.75, 3.05) is 7.11 Å². The van der Waals surface area contributed by atoms with Crippen LogP contribution in [-0.2, 0) is 11.3 Å². The van der Waals surface area contributed by atoms with E-state index in [0.29, 0.717) is 12.1 Å². The van der Waals surface area contributed by atoms with E-state index in [0.717, 1.165) is 11.3 Å². The lowest BCUT2D eigenvalue weighted by Gasteiger charge is -2.11. The van der Waals surface area contributed by atoms with Crippen molar-refractivity contribution in [3.63, 3.8) is 0 Å². The fourth-order valence-corrected chi connectivity index (χ4v) is 2.18. The molecule has 114 valence electrons. The molecule has 5 heteroatoms. The Morgan fingerprint density at radius 1 is 1.09 bits per heavy atom.